The van der Waals surface area contributed by atoms with Gasteiger partial charge in [0.15, 0.2) is 0 Å². The number of ether oxygens (including phenoxy) is 1. The lowest BCUT2D eigenvalue weighted by molar-refractivity contribution is 0.0627. The van der Waals surface area contributed by atoms with E-state index in [0.29, 0.717) is 0 Å². The molecule has 88 valence electrons. The largest absolute Gasteiger partial charge is 0.381 e. The molecule has 1 aromatic heterocycles. The SMILES string of the molecule is N[C@@H](CCC1CCOCC1)c1cccnc1. The third-order valence-electron chi connectivity index (χ3n) is 3.34. The molecule has 0 aromatic carbocycles. The summed E-state index contributed by atoms with van der Waals surface area (Å²) >= 11 is 0. The van der Waals surface area contributed by atoms with Crippen LogP contribution in [0.2, 0.25) is 0 Å². The van der Waals surface area contributed by atoms with Crippen LogP contribution in [-0.4, -0.2) is 18.2 Å². The van der Waals surface area contributed by atoms with Crippen LogP contribution in [0.3, 0.4) is 0 Å². The molecule has 0 bridgehead atoms. The Morgan fingerprint density at radius 3 is 2.94 bits per heavy atom. The molecule has 3 nitrogen and oxygen atoms in total. The Bertz CT molecular complexity index is 296. The molecule has 1 aliphatic rings. The van der Waals surface area contributed by atoms with Gasteiger partial charge in [-0.3, -0.25) is 4.98 Å². The summed E-state index contributed by atoms with van der Waals surface area (Å²) in [6.45, 7) is 1.85. The summed E-state index contributed by atoms with van der Waals surface area (Å²) in [5.41, 5.74) is 7.29. The lowest BCUT2D eigenvalue weighted by Gasteiger charge is -2.23. The van der Waals surface area contributed by atoms with Crippen molar-refractivity contribution in [1.82, 2.24) is 4.98 Å². The van der Waals surface area contributed by atoms with Gasteiger partial charge in [-0.2, -0.15) is 0 Å². The highest BCUT2D eigenvalue weighted by Crippen LogP contribution is 2.24. The van der Waals surface area contributed by atoms with E-state index in [4.69, 9.17) is 10.5 Å². The first-order chi connectivity index (χ1) is 7.86. The maximum atomic E-state index is 6.14. The Morgan fingerprint density at radius 2 is 2.25 bits per heavy atom. The van der Waals surface area contributed by atoms with E-state index in [0.717, 1.165) is 31.1 Å². The maximum absolute atomic E-state index is 6.14. The molecule has 2 heterocycles. The summed E-state index contributed by atoms with van der Waals surface area (Å²) in [6, 6.07) is 4.14. The molecule has 0 aliphatic carbocycles. The quantitative estimate of drug-likeness (QED) is 0.847. The van der Waals surface area contributed by atoms with Gasteiger partial charge < -0.3 is 10.5 Å². The number of rotatable bonds is 4. The van der Waals surface area contributed by atoms with Crippen LogP contribution in [0.1, 0.15) is 37.3 Å². The van der Waals surface area contributed by atoms with Crippen molar-refractivity contribution in [1.29, 1.82) is 0 Å². The Morgan fingerprint density at radius 1 is 1.44 bits per heavy atom. The van der Waals surface area contributed by atoms with Gasteiger partial charge >= 0.3 is 0 Å². The summed E-state index contributed by atoms with van der Waals surface area (Å²) < 4.78 is 5.35. The van der Waals surface area contributed by atoms with Crippen molar-refractivity contribution in [3.05, 3.63) is 30.1 Å². The Kier molecular flexibility index (Phi) is 4.31. The minimum Gasteiger partial charge on any atom is -0.381 e. The normalized spacial score (nSPS) is 19.6. The van der Waals surface area contributed by atoms with Gasteiger partial charge in [0, 0.05) is 31.6 Å². The molecule has 16 heavy (non-hydrogen) atoms. The van der Waals surface area contributed by atoms with E-state index in [2.05, 4.69) is 11.1 Å². The minimum absolute atomic E-state index is 0.136. The van der Waals surface area contributed by atoms with Gasteiger partial charge in [-0.15, -0.1) is 0 Å². The van der Waals surface area contributed by atoms with Crippen LogP contribution in [0.5, 0.6) is 0 Å². The lowest BCUT2D eigenvalue weighted by Crippen LogP contribution is -2.18. The Hall–Kier alpha value is -0.930. The second kappa shape index (κ2) is 5.97. The smallest absolute Gasteiger partial charge is 0.0468 e. The molecule has 0 unspecified atom stereocenters. The molecule has 3 heteroatoms. The van der Waals surface area contributed by atoms with Gasteiger partial charge in [-0.05, 0) is 43.2 Å². The molecule has 1 fully saturated rings. The summed E-state index contributed by atoms with van der Waals surface area (Å²) in [6.07, 6.45) is 8.30. The van der Waals surface area contributed by atoms with E-state index in [9.17, 15) is 0 Å². The first-order valence-corrected chi connectivity index (χ1v) is 6.09. The van der Waals surface area contributed by atoms with Crippen LogP contribution in [-0.2, 0) is 4.74 Å². The van der Waals surface area contributed by atoms with Crippen LogP contribution in [0.15, 0.2) is 24.5 Å². The fourth-order valence-electron chi connectivity index (χ4n) is 2.21. The molecule has 1 aliphatic heterocycles. The van der Waals surface area contributed by atoms with Crippen molar-refractivity contribution in [2.75, 3.05) is 13.2 Å². The number of hydrogen-bond donors (Lipinski definition) is 1. The van der Waals surface area contributed by atoms with E-state index >= 15 is 0 Å². The van der Waals surface area contributed by atoms with Crippen molar-refractivity contribution >= 4 is 0 Å². The fourth-order valence-corrected chi connectivity index (χ4v) is 2.21. The third-order valence-corrected chi connectivity index (χ3v) is 3.34. The summed E-state index contributed by atoms with van der Waals surface area (Å²) in [5, 5.41) is 0. The van der Waals surface area contributed by atoms with Gasteiger partial charge in [0.2, 0.25) is 0 Å². The standard InChI is InChI=1S/C13H20N2O/c14-13(12-2-1-7-15-10-12)4-3-11-5-8-16-9-6-11/h1-2,7,10-11,13H,3-6,8-9,14H2/t13-/m0/s1. The molecule has 2 rings (SSSR count). The highest BCUT2D eigenvalue weighted by atomic mass is 16.5. The Balaban J connectivity index is 1.77. The first-order valence-electron chi connectivity index (χ1n) is 6.09. The van der Waals surface area contributed by atoms with E-state index in [1.54, 1.807) is 6.20 Å². The monoisotopic (exact) mass is 220 g/mol. The lowest BCUT2D eigenvalue weighted by atomic mass is 9.91. The molecular formula is C13H20N2O. The molecule has 1 aromatic rings. The van der Waals surface area contributed by atoms with E-state index in [1.165, 1.54) is 19.3 Å². The zero-order valence-electron chi connectivity index (χ0n) is 9.64. The first kappa shape index (κ1) is 11.6. The number of nitrogens with zero attached hydrogens (tertiary/aromatic N) is 1. The number of nitrogens with two attached hydrogens (primary N) is 1. The topological polar surface area (TPSA) is 48.1 Å². The molecule has 1 saturated heterocycles. The molecule has 0 amide bonds. The van der Waals surface area contributed by atoms with Crippen molar-refractivity contribution in [2.24, 2.45) is 11.7 Å². The van der Waals surface area contributed by atoms with Crippen LogP contribution in [0.25, 0.3) is 0 Å². The van der Waals surface area contributed by atoms with Gasteiger partial charge in [-0.25, -0.2) is 0 Å². The van der Waals surface area contributed by atoms with Gasteiger partial charge in [0.05, 0.1) is 0 Å². The number of hydrogen-bond acceptors (Lipinski definition) is 3. The number of aromatic nitrogens is 1. The zero-order valence-corrected chi connectivity index (χ0v) is 9.64. The Labute approximate surface area is 97.0 Å². The van der Waals surface area contributed by atoms with E-state index in [-0.39, 0.29) is 6.04 Å². The van der Waals surface area contributed by atoms with Crippen LogP contribution in [0, 0.1) is 5.92 Å². The highest BCUT2D eigenvalue weighted by Gasteiger charge is 2.15. The van der Waals surface area contributed by atoms with Gasteiger partial charge in [-0.1, -0.05) is 6.07 Å². The molecular weight excluding hydrogens is 200 g/mol. The minimum atomic E-state index is 0.136. The van der Waals surface area contributed by atoms with Gasteiger partial charge in [0.25, 0.3) is 0 Å². The predicted octanol–water partition coefficient (Wildman–Crippen LogP) is 2.29. The van der Waals surface area contributed by atoms with Crippen LogP contribution >= 0.6 is 0 Å². The van der Waals surface area contributed by atoms with Crippen molar-refractivity contribution in [2.45, 2.75) is 31.7 Å². The molecule has 1 atom stereocenters. The maximum Gasteiger partial charge on any atom is 0.0468 e. The summed E-state index contributed by atoms with van der Waals surface area (Å²) in [5.74, 6) is 0.802. The predicted molar refractivity (Wildman–Crippen MR) is 63.9 cm³/mol. The molecule has 0 saturated carbocycles. The van der Waals surface area contributed by atoms with Crippen LogP contribution < -0.4 is 5.73 Å². The molecule has 2 N–H and O–H groups in total. The summed E-state index contributed by atoms with van der Waals surface area (Å²) in [7, 11) is 0. The second-order valence-electron chi connectivity index (χ2n) is 4.53. The van der Waals surface area contributed by atoms with Crippen molar-refractivity contribution in [3.8, 4) is 0 Å². The van der Waals surface area contributed by atoms with Crippen molar-refractivity contribution < 1.29 is 4.74 Å². The second-order valence-corrected chi connectivity index (χ2v) is 4.53. The zero-order chi connectivity index (χ0) is 11.2. The summed E-state index contributed by atoms with van der Waals surface area (Å²) in [4.78, 5) is 4.10. The average molecular weight is 220 g/mol. The third kappa shape index (κ3) is 3.29. The van der Waals surface area contributed by atoms with Gasteiger partial charge in [0.1, 0.15) is 0 Å². The van der Waals surface area contributed by atoms with E-state index < -0.39 is 0 Å². The molecule has 0 spiro atoms. The average Bonchev–Trinajstić information content (AvgIpc) is 2.38. The fraction of sp³-hybridized carbons (Fsp3) is 0.615. The van der Waals surface area contributed by atoms with Crippen molar-refractivity contribution in [3.63, 3.8) is 0 Å². The highest BCUT2D eigenvalue weighted by molar-refractivity contribution is 5.12. The number of pyridine rings is 1. The van der Waals surface area contributed by atoms with E-state index in [1.807, 2.05) is 12.3 Å². The molecule has 0 radical (unpaired) electrons. The van der Waals surface area contributed by atoms with Crippen LogP contribution in [0.4, 0.5) is 0 Å².